The fourth-order valence-electron chi connectivity index (χ4n) is 2.24. The molecule has 1 aromatic rings. The van der Waals surface area contributed by atoms with Crippen molar-refractivity contribution in [3.05, 3.63) is 29.3 Å². The van der Waals surface area contributed by atoms with Crippen LogP contribution < -0.4 is 5.14 Å². The Balaban J connectivity index is 2.31. The van der Waals surface area contributed by atoms with Crippen LogP contribution >= 0.6 is 0 Å². The average molecular weight is 298 g/mol. The Morgan fingerprint density at radius 3 is 2.70 bits per heavy atom. The van der Waals surface area contributed by atoms with Crippen LogP contribution in [0.4, 0.5) is 0 Å². The molecule has 7 heteroatoms. The standard InChI is InChI=1S/C13H18N2O4S/c1-9-3-4-10(7-12(9)20(14,17)18)13(16)15(2)11-5-6-19-8-11/h3-4,7,11H,5-6,8H2,1-2H3,(H2,14,17,18). The van der Waals surface area contributed by atoms with Crippen LogP contribution in [0.15, 0.2) is 23.1 Å². The van der Waals surface area contributed by atoms with Crippen molar-refractivity contribution < 1.29 is 17.9 Å². The topological polar surface area (TPSA) is 89.7 Å². The zero-order valence-corrected chi connectivity index (χ0v) is 12.3. The number of rotatable bonds is 3. The Morgan fingerprint density at radius 1 is 1.45 bits per heavy atom. The van der Waals surface area contributed by atoms with E-state index in [1.165, 1.54) is 6.07 Å². The molecule has 20 heavy (non-hydrogen) atoms. The van der Waals surface area contributed by atoms with Crippen molar-refractivity contribution in [2.75, 3.05) is 20.3 Å². The molecule has 1 fully saturated rings. The van der Waals surface area contributed by atoms with Crippen LogP contribution in [0.3, 0.4) is 0 Å². The van der Waals surface area contributed by atoms with Gasteiger partial charge in [0, 0.05) is 19.2 Å². The zero-order chi connectivity index (χ0) is 14.9. The number of benzene rings is 1. The lowest BCUT2D eigenvalue weighted by atomic mass is 10.1. The van der Waals surface area contributed by atoms with E-state index in [-0.39, 0.29) is 16.8 Å². The highest BCUT2D eigenvalue weighted by atomic mass is 32.2. The molecule has 0 radical (unpaired) electrons. The molecule has 1 aromatic carbocycles. The third-order valence-corrected chi connectivity index (χ3v) is 4.57. The Hall–Kier alpha value is -1.44. The van der Waals surface area contributed by atoms with Gasteiger partial charge in [-0.05, 0) is 31.0 Å². The van der Waals surface area contributed by atoms with Gasteiger partial charge in [-0.3, -0.25) is 4.79 Å². The van der Waals surface area contributed by atoms with E-state index in [2.05, 4.69) is 0 Å². The summed E-state index contributed by atoms with van der Waals surface area (Å²) in [5.74, 6) is -0.231. The molecule has 0 spiro atoms. The van der Waals surface area contributed by atoms with Crippen molar-refractivity contribution in [3.8, 4) is 0 Å². The van der Waals surface area contributed by atoms with Crippen LogP contribution in [0.2, 0.25) is 0 Å². The van der Waals surface area contributed by atoms with Crippen molar-refractivity contribution in [2.45, 2.75) is 24.3 Å². The van der Waals surface area contributed by atoms with Gasteiger partial charge in [-0.2, -0.15) is 0 Å². The number of carbonyl (C=O) groups is 1. The first-order chi connectivity index (χ1) is 9.30. The number of sulfonamides is 1. The summed E-state index contributed by atoms with van der Waals surface area (Å²) in [7, 11) is -2.14. The van der Waals surface area contributed by atoms with E-state index < -0.39 is 10.0 Å². The number of amides is 1. The minimum absolute atomic E-state index is 0.0144. The van der Waals surface area contributed by atoms with Gasteiger partial charge in [0.2, 0.25) is 10.0 Å². The number of nitrogens with two attached hydrogens (primary N) is 1. The minimum atomic E-state index is -3.83. The van der Waals surface area contributed by atoms with Crippen LogP contribution in [-0.4, -0.2) is 45.5 Å². The molecule has 0 saturated carbocycles. The van der Waals surface area contributed by atoms with Crippen LogP contribution in [0.1, 0.15) is 22.3 Å². The fourth-order valence-corrected chi connectivity index (χ4v) is 3.04. The lowest BCUT2D eigenvalue weighted by molar-refractivity contribution is 0.0711. The Bertz CT molecular complexity index is 621. The summed E-state index contributed by atoms with van der Waals surface area (Å²) in [6.07, 6.45) is 0.788. The first-order valence-corrected chi connectivity index (χ1v) is 7.83. The SMILES string of the molecule is Cc1ccc(C(=O)N(C)C2CCOC2)cc1S(N)(=O)=O. The molecular formula is C13H18N2O4S. The van der Waals surface area contributed by atoms with Gasteiger partial charge in [-0.15, -0.1) is 0 Å². The quantitative estimate of drug-likeness (QED) is 0.880. The number of ether oxygens (including phenoxy) is 1. The number of carbonyl (C=O) groups excluding carboxylic acids is 1. The summed E-state index contributed by atoms with van der Waals surface area (Å²) >= 11 is 0. The highest BCUT2D eigenvalue weighted by Gasteiger charge is 2.25. The van der Waals surface area contributed by atoms with Gasteiger partial charge in [0.1, 0.15) is 0 Å². The van der Waals surface area contributed by atoms with E-state index in [1.807, 2.05) is 0 Å². The van der Waals surface area contributed by atoms with Crippen LogP contribution in [-0.2, 0) is 14.8 Å². The second-order valence-electron chi connectivity index (χ2n) is 4.96. The molecule has 2 rings (SSSR count). The average Bonchev–Trinajstić information content (AvgIpc) is 2.90. The lowest BCUT2D eigenvalue weighted by Gasteiger charge is -2.23. The summed E-state index contributed by atoms with van der Waals surface area (Å²) in [5.41, 5.74) is 0.838. The summed E-state index contributed by atoms with van der Waals surface area (Å²) in [4.78, 5) is 13.9. The summed E-state index contributed by atoms with van der Waals surface area (Å²) in [6.45, 7) is 2.79. The van der Waals surface area contributed by atoms with Gasteiger partial charge in [0.05, 0.1) is 17.5 Å². The number of aryl methyl sites for hydroxylation is 1. The van der Waals surface area contributed by atoms with E-state index >= 15 is 0 Å². The third-order valence-electron chi connectivity index (χ3n) is 3.52. The van der Waals surface area contributed by atoms with E-state index in [9.17, 15) is 13.2 Å². The van der Waals surface area contributed by atoms with Crippen molar-refractivity contribution in [1.29, 1.82) is 0 Å². The Morgan fingerprint density at radius 2 is 2.15 bits per heavy atom. The van der Waals surface area contributed by atoms with Crippen LogP contribution in [0.5, 0.6) is 0 Å². The van der Waals surface area contributed by atoms with Gasteiger partial charge in [0.15, 0.2) is 0 Å². The Labute approximate surface area is 118 Å². The van der Waals surface area contributed by atoms with Gasteiger partial charge in [-0.1, -0.05) is 6.07 Å². The summed E-state index contributed by atoms with van der Waals surface area (Å²) in [6, 6.07) is 4.56. The summed E-state index contributed by atoms with van der Waals surface area (Å²) in [5, 5.41) is 5.15. The second kappa shape index (κ2) is 5.51. The molecule has 0 bridgehead atoms. The molecule has 2 N–H and O–H groups in total. The molecule has 1 heterocycles. The van der Waals surface area contributed by atoms with Crippen molar-refractivity contribution in [3.63, 3.8) is 0 Å². The predicted octanol–water partition coefficient (Wildman–Crippen LogP) is 0.503. The van der Waals surface area contributed by atoms with E-state index in [0.717, 1.165) is 6.42 Å². The smallest absolute Gasteiger partial charge is 0.253 e. The van der Waals surface area contributed by atoms with Crippen molar-refractivity contribution in [2.24, 2.45) is 5.14 Å². The minimum Gasteiger partial charge on any atom is -0.379 e. The van der Waals surface area contributed by atoms with Crippen molar-refractivity contribution >= 4 is 15.9 Å². The second-order valence-corrected chi connectivity index (χ2v) is 6.49. The van der Waals surface area contributed by atoms with E-state index in [1.54, 1.807) is 31.0 Å². The zero-order valence-electron chi connectivity index (χ0n) is 11.5. The summed E-state index contributed by atoms with van der Waals surface area (Å²) < 4.78 is 28.2. The first kappa shape index (κ1) is 15.0. The van der Waals surface area contributed by atoms with Gasteiger partial charge >= 0.3 is 0 Å². The third kappa shape index (κ3) is 3.00. The molecule has 1 amide bonds. The molecule has 1 aliphatic rings. The lowest BCUT2D eigenvalue weighted by Crippen LogP contribution is -2.37. The molecule has 1 saturated heterocycles. The maximum absolute atomic E-state index is 12.4. The van der Waals surface area contributed by atoms with Gasteiger partial charge in [-0.25, -0.2) is 13.6 Å². The number of hydrogen-bond donors (Lipinski definition) is 1. The predicted molar refractivity (Wildman–Crippen MR) is 73.9 cm³/mol. The van der Waals surface area contributed by atoms with Gasteiger partial charge in [0.25, 0.3) is 5.91 Å². The molecule has 6 nitrogen and oxygen atoms in total. The monoisotopic (exact) mass is 298 g/mol. The number of nitrogens with zero attached hydrogens (tertiary/aromatic N) is 1. The highest BCUT2D eigenvalue weighted by Crippen LogP contribution is 2.19. The Kier molecular flexibility index (Phi) is 4.12. The maximum atomic E-state index is 12.4. The normalized spacial score (nSPS) is 19.1. The van der Waals surface area contributed by atoms with Crippen LogP contribution in [0.25, 0.3) is 0 Å². The fraction of sp³-hybridized carbons (Fsp3) is 0.462. The largest absolute Gasteiger partial charge is 0.379 e. The molecule has 0 aromatic heterocycles. The first-order valence-electron chi connectivity index (χ1n) is 6.29. The molecule has 1 unspecified atom stereocenters. The van der Waals surface area contributed by atoms with E-state index in [4.69, 9.17) is 9.88 Å². The van der Waals surface area contributed by atoms with Crippen LogP contribution in [0, 0.1) is 6.92 Å². The molecule has 110 valence electrons. The number of likely N-dealkylation sites (N-methyl/N-ethyl adjacent to an activating group) is 1. The van der Waals surface area contributed by atoms with Gasteiger partial charge < -0.3 is 9.64 Å². The number of primary sulfonamides is 1. The molecule has 1 aliphatic heterocycles. The number of hydrogen-bond acceptors (Lipinski definition) is 4. The van der Waals surface area contributed by atoms with Crippen molar-refractivity contribution in [1.82, 2.24) is 4.90 Å². The maximum Gasteiger partial charge on any atom is 0.253 e. The highest BCUT2D eigenvalue weighted by molar-refractivity contribution is 7.89. The van der Waals surface area contributed by atoms with E-state index in [0.29, 0.717) is 24.3 Å². The molecular weight excluding hydrogens is 280 g/mol. The molecule has 1 atom stereocenters. The molecule has 0 aliphatic carbocycles.